The van der Waals surface area contributed by atoms with Crippen molar-refractivity contribution in [2.75, 3.05) is 12.4 Å². The van der Waals surface area contributed by atoms with Gasteiger partial charge in [-0.3, -0.25) is 4.79 Å². The molecule has 0 spiro atoms. The zero-order valence-electron chi connectivity index (χ0n) is 16.3. The fraction of sp³-hybridized carbons (Fsp3) is 0.286. The number of benzene rings is 1. The first-order chi connectivity index (χ1) is 13.5. The molecule has 3 aromatic rings. The average molecular weight is 398 g/mol. The van der Waals surface area contributed by atoms with E-state index in [1.165, 1.54) is 11.8 Å². The van der Waals surface area contributed by atoms with Crippen molar-refractivity contribution >= 4 is 17.5 Å². The number of thioether (sulfide) groups is 1. The maximum Gasteiger partial charge on any atom is 0.277 e. The normalized spacial score (nSPS) is 10.8. The van der Waals surface area contributed by atoms with Crippen LogP contribution >= 0.6 is 11.8 Å². The van der Waals surface area contributed by atoms with Crippen LogP contribution in [0.5, 0.6) is 5.75 Å². The molecule has 7 heteroatoms. The zero-order chi connectivity index (χ0) is 20.1. The molecular weight excluding hydrogens is 374 g/mol. The second kappa shape index (κ2) is 8.93. The van der Waals surface area contributed by atoms with Crippen molar-refractivity contribution in [3.05, 3.63) is 59.9 Å². The van der Waals surface area contributed by atoms with Crippen LogP contribution < -0.4 is 4.74 Å². The molecule has 0 aliphatic heterocycles. The van der Waals surface area contributed by atoms with Gasteiger partial charge in [-0.2, -0.15) is 0 Å². The molecule has 2 heterocycles. The predicted molar refractivity (Wildman–Crippen MR) is 110 cm³/mol. The Morgan fingerprint density at radius 3 is 2.86 bits per heavy atom. The number of para-hydroxylation sites is 1. The van der Waals surface area contributed by atoms with E-state index in [1.807, 2.05) is 57.2 Å². The summed E-state index contributed by atoms with van der Waals surface area (Å²) in [7, 11) is 0. The molecule has 0 unspecified atom stereocenters. The fourth-order valence-corrected chi connectivity index (χ4v) is 3.65. The molecule has 0 amide bonds. The minimum atomic E-state index is 0.0304. The van der Waals surface area contributed by atoms with E-state index in [0.717, 1.165) is 17.0 Å². The van der Waals surface area contributed by atoms with Gasteiger partial charge in [-0.25, -0.2) is 0 Å². The molecule has 0 aliphatic rings. The number of Topliss-reactive ketones (excluding diaryl/α,β-unsaturated/α-hetero) is 1. The predicted octanol–water partition coefficient (Wildman–Crippen LogP) is 4.71. The van der Waals surface area contributed by atoms with Crippen LogP contribution in [-0.2, 0) is 6.54 Å². The van der Waals surface area contributed by atoms with Gasteiger partial charge in [0.15, 0.2) is 5.78 Å². The number of rotatable bonds is 9. The Balaban J connectivity index is 1.71. The number of aryl methyl sites for hydroxylation is 1. The molecule has 0 fully saturated rings. The molecule has 2 aromatic heterocycles. The van der Waals surface area contributed by atoms with Gasteiger partial charge in [-0.15, -0.1) is 16.8 Å². The number of hydrogen-bond acceptors (Lipinski definition) is 6. The molecule has 3 rings (SSSR count). The standard InChI is InChI=1S/C21H23N3O3S/c1-5-11-24-14(3)12-17(15(24)4)18(25)13-28-21-23-22-20(27-21)16-9-7-8-10-19(16)26-6-2/h5,7-10,12H,1,6,11,13H2,2-4H3. The third-order valence-corrected chi connectivity index (χ3v) is 5.15. The molecular formula is C21H23N3O3S. The van der Waals surface area contributed by atoms with E-state index in [2.05, 4.69) is 21.3 Å². The minimum absolute atomic E-state index is 0.0304. The van der Waals surface area contributed by atoms with Crippen LogP contribution in [-0.4, -0.2) is 32.9 Å². The molecule has 28 heavy (non-hydrogen) atoms. The number of carbonyl (C=O) groups excluding carboxylic acids is 1. The molecule has 1 aromatic carbocycles. The molecule has 0 atom stereocenters. The van der Waals surface area contributed by atoms with Gasteiger partial charge in [0, 0.05) is 23.5 Å². The van der Waals surface area contributed by atoms with Crippen LogP contribution in [0.25, 0.3) is 11.5 Å². The summed E-state index contributed by atoms with van der Waals surface area (Å²) in [6, 6.07) is 9.42. The lowest BCUT2D eigenvalue weighted by Gasteiger charge is -2.06. The Morgan fingerprint density at radius 2 is 2.11 bits per heavy atom. The van der Waals surface area contributed by atoms with Crippen molar-refractivity contribution in [2.45, 2.75) is 32.5 Å². The smallest absolute Gasteiger partial charge is 0.277 e. The van der Waals surface area contributed by atoms with E-state index in [1.54, 1.807) is 0 Å². The molecule has 146 valence electrons. The Hall–Kier alpha value is -2.80. The summed E-state index contributed by atoms with van der Waals surface area (Å²) in [6.07, 6.45) is 1.82. The van der Waals surface area contributed by atoms with Crippen LogP contribution in [0.2, 0.25) is 0 Å². The molecule has 0 saturated carbocycles. The number of aromatic nitrogens is 3. The van der Waals surface area contributed by atoms with E-state index in [0.29, 0.717) is 35.6 Å². The van der Waals surface area contributed by atoms with Crippen molar-refractivity contribution in [1.82, 2.24) is 14.8 Å². The first-order valence-corrected chi connectivity index (χ1v) is 10.0. The number of ketones is 1. The Kier molecular flexibility index (Phi) is 6.36. The van der Waals surface area contributed by atoms with E-state index in [4.69, 9.17) is 9.15 Å². The first kappa shape index (κ1) is 19.9. The third-order valence-electron chi connectivity index (χ3n) is 4.34. The molecule has 0 radical (unpaired) electrons. The van der Waals surface area contributed by atoms with Gasteiger partial charge in [-0.1, -0.05) is 30.0 Å². The number of allylic oxidation sites excluding steroid dienone is 1. The van der Waals surface area contributed by atoms with Gasteiger partial charge in [0.05, 0.1) is 17.9 Å². The maximum atomic E-state index is 12.7. The van der Waals surface area contributed by atoms with Crippen molar-refractivity contribution in [1.29, 1.82) is 0 Å². The minimum Gasteiger partial charge on any atom is -0.493 e. The van der Waals surface area contributed by atoms with Gasteiger partial charge in [-0.05, 0) is 39.0 Å². The SMILES string of the molecule is C=CCn1c(C)cc(C(=O)CSc2nnc(-c3ccccc3OCC)o2)c1C. The summed E-state index contributed by atoms with van der Waals surface area (Å²) in [5.41, 5.74) is 3.44. The fourth-order valence-electron chi connectivity index (χ4n) is 3.00. The highest BCUT2D eigenvalue weighted by molar-refractivity contribution is 7.99. The third kappa shape index (κ3) is 4.20. The molecule has 6 nitrogen and oxygen atoms in total. The summed E-state index contributed by atoms with van der Waals surface area (Å²) in [5, 5.41) is 8.51. The van der Waals surface area contributed by atoms with Gasteiger partial charge >= 0.3 is 0 Å². The summed E-state index contributed by atoms with van der Waals surface area (Å²) in [5.74, 6) is 1.33. The average Bonchev–Trinajstić information content (AvgIpc) is 3.27. The van der Waals surface area contributed by atoms with Crippen molar-refractivity contribution < 1.29 is 13.9 Å². The van der Waals surface area contributed by atoms with Crippen molar-refractivity contribution in [3.8, 4) is 17.2 Å². The number of hydrogen-bond donors (Lipinski definition) is 0. The lowest BCUT2D eigenvalue weighted by Crippen LogP contribution is -2.06. The van der Waals surface area contributed by atoms with Gasteiger partial charge in [0.25, 0.3) is 11.1 Å². The quantitative estimate of drug-likeness (QED) is 0.296. The highest BCUT2D eigenvalue weighted by atomic mass is 32.2. The maximum absolute atomic E-state index is 12.7. The highest BCUT2D eigenvalue weighted by Gasteiger charge is 2.18. The van der Waals surface area contributed by atoms with Crippen LogP contribution in [0.15, 0.2) is 52.6 Å². The van der Waals surface area contributed by atoms with Gasteiger partial charge < -0.3 is 13.7 Å². The largest absolute Gasteiger partial charge is 0.493 e. The van der Waals surface area contributed by atoms with Crippen molar-refractivity contribution in [2.24, 2.45) is 0 Å². The zero-order valence-corrected chi connectivity index (χ0v) is 17.1. The highest BCUT2D eigenvalue weighted by Crippen LogP contribution is 2.31. The van der Waals surface area contributed by atoms with Crippen LogP contribution in [0.3, 0.4) is 0 Å². The summed E-state index contributed by atoms with van der Waals surface area (Å²) < 4.78 is 13.4. The summed E-state index contributed by atoms with van der Waals surface area (Å²) >= 11 is 1.24. The van der Waals surface area contributed by atoms with Gasteiger partial charge in [0.1, 0.15) is 5.75 Å². The van der Waals surface area contributed by atoms with Gasteiger partial charge in [0.2, 0.25) is 0 Å². The van der Waals surface area contributed by atoms with Crippen LogP contribution in [0.4, 0.5) is 0 Å². The Morgan fingerprint density at radius 1 is 1.32 bits per heavy atom. The lowest BCUT2D eigenvalue weighted by molar-refractivity contribution is 0.102. The second-order valence-electron chi connectivity index (χ2n) is 6.20. The summed E-state index contributed by atoms with van der Waals surface area (Å²) in [4.78, 5) is 12.7. The topological polar surface area (TPSA) is 70.2 Å². The second-order valence-corrected chi connectivity index (χ2v) is 7.12. The molecule has 0 aliphatic carbocycles. The van der Waals surface area contributed by atoms with E-state index in [9.17, 15) is 4.79 Å². The lowest BCUT2D eigenvalue weighted by atomic mass is 10.2. The van der Waals surface area contributed by atoms with Crippen LogP contribution in [0.1, 0.15) is 28.7 Å². The number of nitrogens with zero attached hydrogens (tertiary/aromatic N) is 3. The summed E-state index contributed by atoms with van der Waals surface area (Å²) in [6.45, 7) is 10.9. The first-order valence-electron chi connectivity index (χ1n) is 9.04. The Bertz CT molecular complexity index is 991. The van der Waals surface area contributed by atoms with Crippen LogP contribution in [0, 0.1) is 13.8 Å². The monoisotopic (exact) mass is 397 g/mol. The van der Waals surface area contributed by atoms with E-state index >= 15 is 0 Å². The molecule has 0 bridgehead atoms. The molecule has 0 N–H and O–H groups in total. The molecule has 0 saturated heterocycles. The number of ether oxygens (including phenoxy) is 1. The van der Waals surface area contributed by atoms with E-state index < -0.39 is 0 Å². The number of carbonyl (C=O) groups is 1. The Labute approximate surface area is 168 Å². The van der Waals surface area contributed by atoms with E-state index in [-0.39, 0.29) is 11.5 Å². The van der Waals surface area contributed by atoms with Crippen molar-refractivity contribution in [3.63, 3.8) is 0 Å².